The Balaban J connectivity index is 2.07. The van der Waals surface area contributed by atoms with Crippen molar-refractivity contribution in [2.24, 2.45) is 0 Å². The van der Waals surface area contributed by atoms with Gasteiger partial charge < -0.3 is 4.74 Å². The topological polar surface area (TPSA) is 33.0 Å². The van der Waals surface area contributed by atoms with Crippen LogP contribution in [0.4, 0.5) is 0 Å². The molecule has 0 radical (unpaired) electrons. The number of ether oxygens (including phenoxy) is 1. The maximum atomic E-state index is 8.76. The molecular formula is C16H14ClNO. The number of nitriles is 1. The van der Waals surface area contributed by atoms with Gasteiger partial charge in [0.1, 0.15) is 5.75 Å². The zero-order valence-electron chi connectivity index (χ0n) is 10.5. The Kier molecular flexibility index (Phi) is 4.83. The average Bonchev–Trinajstić information content (AvgIpc) is 2.48. The summed E-state index contributed by atoms with van der Waals surface area (Å²) in [6.07, 6.45) is 0.846. The van der Waals surface area contributed by atoms with Crippen molar-refractivity contribution in [2.45, 2.75) is 6.42 Å². The second-order valence-corrected chi connectivity index (χ2v) is 4.48. The van der Waals surface area contributed by atoms with Gasteiger partial charge in [0.2, 0.25) is 0 Å². The first kappa shape index (κ1) is 13.5. The minimum atomic E-state index is 0.614. The highest BCUT2D eigenvalue weighted by atomic mass is 35.5. The van der Waals surface area contributed by atoms with E-state index in [4.69, 9.17) is 21.6 Å². The van der Waals surface area contributed by atoms with Crippen molar-refractivity contribution in [3.63, 3.8) is 0 Å². The molecule has 0 aliphatic rings. The third-order valence-electron chi connectivity index (χ3n) is 2.75. The summed E-state index contributed by atoms with van der Waals surface area (Å²) >= 11 is 5.59. The van der Waals surface area contributed by atoms with Crippen molar-refractivity contribution >= 4 is 11.6 Å². The summed E-state index contributed by atoms with van der Waals surface area (Å²) in [6, 6.07) is 17.6. The Bertz CT molecular complexity index is 555. The fourth-order valence-corrected chi connectivity index (χ4v) is 1.83. The van der Waals surface area contributed by atoms with Crippen LogP contribution in [0.3, 0.4) is 0 Å². The molecule has 0 saturated carbocycles. The van der Waals surface area contributed by atoms with Crippen LogP contribution >= 0.6 is 11.6 Å². The van der Waals surface area contributed by atoms with Gasteiger partial charge >= 0.3 is 0 Å². The third kappa shape index (κ3) is 3.74. The van der Waals surface area contributed by atoms with Crippen LogP contribution in [0.5, 0.6) is 5.75 Å². The molecule has 96 valence electrons. The van der Waals surface area contributed by atoms with Crippen LogP contribution in [0.25, 0.3) is 11.1 Å². The zero-order valence-corrected chi connectivity index (χ0v) is 11.2. The quantitative estimate of drug-likeness (QED) is 0.602. The van der Waals surface area contributed by atoms with E-state index in [1.54, 1.807) is 0 Å². The Labute approximate surface area is 118 Å². The van der Waals surface area contributed by atoms with Crippen LogP contribution in [0, 0.1) is 11.3 Å². The van der Waals surface area contributed by atoms with Crippen LogP contribution in [0.1, 0.15) is 12.0 Å². The summed E-state index contributed by atoms with van der Waals surface area (Å²) in [4.78, 5) is 0. The van der Waals surface area contributed by atoms with E-state index in [2.05, 4.69) is 6.07 Å². The molecule has 0 atom stereocenters. The molecule has 0 N–H and O–H groups in total. The Morgan fingerprint density at radius 2 is 1.53 bits per heavy atom. The van der Waals surface area contributed by atoms with E-state index in [-0.39, 0.29) is 0 Å². The van der Waals surface area contributed by atoms with Crippen molar-refractivity contribution in [3.05, 3.63) is 54.1 Å². The number of rotatable bonds is 5. The molecule has 2 nitrogen and oxygen atoms in total. The smallest absolute Gasteiger partial charge is 0.119 e. The van der Waals surface area contributed by atoms with E-state index in [0.717, 1.165) is 23.3 Å². The molecule has 0 heterocycles. The van der Waals surface area contributed by atoms with Crippen LogP contribution in [-0.2, 0) is 0 Å². The molecule has 3 heteroatoms. The molecule has 0 bridgehead atoms. The summed E-state index contributed by atoms with van der Waals surface area (Å²) in [6.45, 7) is 0.639. The average molecular weight is 272 g/mol. The molecule has 2 aromatic rings. The molecule has 2 aromatic carbocycles. The lowest BCUT2D eigenvalue weighted by molar-refractivity contribution is 0.318. The molecule has 0 saturated heterocycles. The molecule has 19 heavy (non-hydrogen) atoms. The second kappa shape index (κ2) is 6.82. The van der Waals surface area contributed by atoms with Crippen LogP contribution in [0.2, 0.25) is 0 Å². The molecule has 0 fully saturated rings. The maximum Gasteiger partial charge on any atom is 0.119 e. The van der Waals surface area contributed by atoms with Gasteiger partial charge in [-0.3, -0.25) is 0 Å². The lowest BCUT2D eigenvalue weighted by atomic mass is 10.0. The highest BCUT2D eigenvalue weighted by Crippen LogP contribution is 2.22. The summed E-state index contributed by atoms with van der Waals surface area (Å²) in [5, 5.41) is 8.76. The van der Waals surface area contributed by atoms with Gasteiger partial charge in [-0.05, 0) is 41.8 Å². The standard InChI is InChI=1S/C16H14ClNO/c17-10-1-11-19-16-8-6-15(7-9-16)14-4-2-13(12-18)3-5-14/h2-9H,1,10-11H2. The second-order valence-electron chi connectivity index (χ2n) is 4.10. The summed E-state index contributed by atoms with van der Waals surface area (Å²) in [5.41, 5.74) is 2.87. The van der Waals surface area contributed by atoms with Crippen LogP contribution in [0.15, 0.2) is 48.5 Å². The summed E-state index contributed by atoms with van der Waals surface area (Å²) < 4.78 is 5.55. The van der Waals surface area contributed by atoms with E-state index >= 15 is 0 Å². The van der Waals surface area contributed by atoms with Crippen molar-refractivity contribution < 1.29 is 4.74 Å². The van der Waals surface area contributed by atoms with Gasteiger partial charge in [0.05, 0.1) is 18.2 Å². The lowest BCUT2D eigenvalue weighted by Crippen LogP contribution is -1.97. The van der Waals surface area contributed by atoms with E-state index in [1.165, 1.54) is 0 Å². The first-order valence-electron chi connectivity index (χ1n) is 6.13. The van der Waals surface area contributed by atoms with Crippen molar-refractivity contribution in [2.75, 3.05) is 12.5 Å². The normalized spacial score (nSPS) is 9.89. The monoisotopic (exact) mass is 271 g/mol. The van der Waals surface area contributed by atoms with Crippen LogP contribution in [-0.4, -0.2) is 12.5 Å². The Hall–Kier alpha value is -1.98. The van der Waals surface area contributed by atoms with Crippen molar-refractivity contribution in [3.8, 4) is 22.9 Å². The Morgan fingerprint density at radius 1 is 0.947 bits per heavy atom. The van der Waals surface area contributed by atoms with Crippen molar-refractivity contribution in [1.29, 1.82) is 5.26 Å². The minimum absolute atomic E-state index is 0.614. The zero-order chi connectivity index (χ0) is 13.5. The molecule has 0 aliphatic heterocycles. The molecular weight excluding hydrogens is 258 g/mol. The molecule has 0 spiro atoms. The number of hydrogen-bond acceptors (Lipinski definition) is 2. The number of halogens is 1. The van der Waals surface area contributed by atoms with E-state index in [0.29, 0.717) is 18.1 Å². The SMILES string of the molecule is N#Cc1ccc(-c2ccc(OCCCCl)cc2)cc1. The number of nitrogens with zero attached hydrogens (tertiary/aromatic N) is 1. The fraction of sp³-hybridized carbons (Fsp3) is 0.188. The van der Waals surface area contributed by atoms with Gasteiger partial charge in [0.15, 0.2) is 0 Å². The molecule has 0 aromatic heterocycles. The predicted molar refractivity (Wildman–Crippen MR) is 77.4 cm³/mol. The lowest BCUT2D eigenvalue weighted by Gasteiger charge is -2.06. The predicted octanol–water partition coefficient (Wildman–Crippen LogP) is 4.23. The van der Waals surface area contributed by atoms with Gasteiger partial charge in [0.25, 0.3) is 0 Å². The number of benzene rings is 2. The third-order valence-corrected chi connectivity index (χ3v) is 3.02. The van der Waals surface area contributed by atoms with Gasteiger partial charge in [-0.1, -0.05) is 24.3 Å². The van der Waals surface area contributed by atoms with E-state index in [1.807, 2.05) is 48.5 Å². The van der Waals surface area contributed by atoms with Gasteiger partial charge in [-0.2, -0.15) is 5.26 Å². The number of alkyl halides is 1. The summed E-state index contributed by atoms with van der Waals surface area (Å²) in [7, 11) is 0. The van der Waals surface area contributed by atoms with Gasteiger partial charge in [0, 0.05) is 5.88 Å². The molecule has 0 aliphatic carbocycles. The largest absolute Gasteiger partial charge is 0.494 e. The molecule has 2 rings (SSSR count). The first-order chi connectivity index (χ1) is 9.33. The highest BCUT2D eigenvalue weighted by Gasteiger charge is 1.99. The molecule has 0 unspecified atom stereocenters. The minimum Gasteiger partial charge on any atom is -0.494 e. The van der Waals surface area contributed by atoms with E-state index < -0.39 is 0 Å². The van der Waals surface area contributed by atoms with Crippen LogP contribution < -0.4 is 4.74 Å². The summed E-state index contributed by atoms with van der Waals surface area (Å²) in [5.74, 6) is 1.46. The highest BCUT2D eigenvalue weighted by molar-refractivity contribution is 6.17. The van der Waals surface area contributed by atoms with Gasteiger partial charge in [-0.25, -0.2) is 0 Å². The number of hydrogen-bond donors (Lipinski definition) is 0. The molecule has 0 amide bonds. The van der Waals surface area contributed by atoms with E-state index in [9.17, 15) is 0 Å². The maximum absolute atomic E-state index is 8.76. The fourth-order valence-electron chi connectivity index (χ4n) is 1.73. The van der Waals surface area contributed by atoms with Gasteiger partial charge in [-0.15, -0.1) is 11.6 Å². The Morgan fingerprint density at radius 3 is 2.05 bits per heavy atom. The van der Waals surface area contributed by atoms with Crippen molar-refractivity contribution in [1.82, 2.24) is 0 Å². The first-order valence-corrected chi connectivity index (χ1v) is 6.66.